The van der Waals surface area contributed by atoms with E-state index in [2.05, 4.69) is 5.32 Å². The topological polar surface area (TPSA) is 86.8 Å². The van der Waals surface area contributed by atoms with Crippen molar-refractivity contribution in [3.8, 4) is 0 Å². The van der Waals surface area contributed by atoms with Crippen LogP contribution in [0.15, 0.2) is 36.4 Å². The minimum atomic E-state index is -0.483. The Hall–Kier alpha value is -3.48. The van der Waals surface area contributed by atoms with Gasteiger partial charge in [-0.05, 0) is 49.2 Å². The second-order valence-corrected chi connectivity index (χ2v) is 6.97. The molecule has 0 aliphatic carbocycles. The number of aryl methyl sites for hydroxylation is 2. The maximum atomic E-state index is 12.9. The van der Waals surface area contributed by atoms with Crippen LogP contribution in [0.5, 0.6) is 0 Å². The number of imide groups is 1. The van der Waals surface area contributed by atoms with Crippen molar-refractivity contribution in [1.29, 1.82) is 0 Å². The lowest BCUT2D eigenvalue weighted by molar-refractivity contribution is -0.127. The molecule has 7 nitrogen and oxygen atoms in total. The number of rotatable bonds is 4. The van der Waals surface area contributed by atoms with Crippen molar-refractivity contribution in [2.24, 2.45) is 0 Å². The number of benzene rings is 2. The van der Waals surface area contributed by atoms with Crippen LogP contribution in [-0.2, 0) is 4.79 Å². The molecule has 3 rings (SSSR count). The summed E-state index contributed by atoms with van der Waals surface area (Å²) in [5.74, 6) is -1.61. The fourth-order valence-corrected chi connectivity index (χ4v) is 2.98. The quantitative estimate of drug-likeness (QED) is 0.823. The third kappa shape index (κ3) is 3.38. The van der Waals surface area contributed by atoms with Gasteiger partial charge in [0.1, 0.15) is 0 Å². The first-order valence-corrected chi connectivity index (χ1v) is 8.79. The average Bonchev–Trinajstić information content (AvgIpc) is 2.91. The van der Waals surface area contributed by atoms with Gasteiger partial charge >= 0.3 is 0 Å². The molecule has 28 heavy (non-hydrogen) atoms. The van der Waals surface area contributed by atoms with Gasteiger partial charge in [0.15, 0.2) is 0 Å². The minimum Gasteiger partial charge on any atom is -0.347 e. The maximum absolute atomic E-state index is 12.9. The number of likely N-dealkylation sites (N-methyl/N-ethyl adjacent to an activating group) is 1. The lowest BCUT2D eigenvalue weighted by atomic mass is 10.1. The molecule has 4 amide bonds. The van der Waals surface area contributed by atoms with E-state index in [-0.39, 0.29) is 29.1 Å². The molecule has 2 aromatic rings. The molecule has 144 valence electrons. The first kappa shape index (κ1) is 19.3. The third-order valence-electron chi connectivity index (χ3n) is 4.65. The fraction of sp³-hybridized carbons (Fsp3) is 0.238. The van der Waals surface area contributed by atoms with Crippen LogP contribution in [0.4, 0.5) is 5.69 Å². The van der Waals surface area contributed by atoms with E-state index in [1.165, 1.54) is 23.1 Å². The molecule has 2 aromatic carbocycles. The molecule has 0 bridgehead atoms. The van der Waals surface area contributed by atoms with E-state index < -0.39 is 17.7 Å². The molecule has 7 heteroatoms. The van der Waals surface area contributed by atoms with Crippen LogP contribution in [0.3, 0.4) is 0 Å². The van der Waals surface area contributed by atoms with Crippen LogP contribution in [0.2, 0.25) is 0 Å². The van der Waals surface area contributed by atoms with Crippen molar-refractivity contribution >= 4 is 29.3 Å². The molecule has 1 N–H and O–H groups in total. The summed E-state index contributed by atoms with van der Waals surface area (Å²) in [6.45, 7) is 3.57. The second kappa shape index (κ2) is 7.26. The zero-order valence-corrected chi connectivity index (χ0v) is 16.2. The Kier molecular flexibility index (Phi) is 5.00. The highest BCUT2D eigenvalue weighted by molar-refractivity contribution is 6.35. The van der Waals surface area contributed by atoms with Crippen molar-refractivity contribution in [1.82, 2.24) is 10.2 Å². The normalized spacial score (nSPS) is 12.8. The van der Waals surface area contributed by atoms with E-state index in [4.69, 9.17) is 0 Å². The molecule has 1 aliphatic rings. The summed E-state index contributed by atoms with van der Waals surface area (Å²) in [5, 5.41) is 2.52. The van der Waals surface area contributed by atoms with Crippen LogP contribution in [0.1, 0.15) is 42.2 Å². The highest BCUT2D eigenvalue weighted by atomic mass is 16.2. The van der Waals surface area contributed by atoms with Crippen molar-refractivity contribution in [3.63, 3.8) is 0 Å². The van der Waals surface area contributed by atoms with E-state index in [1.54, 1.807) is 20.2 Å². The van der Waals surface area contributed by atoms with Gasteiger partial charge in [0.2, 0.25) is 5.91 Å². The zero-order valence-electron chi connectivity index (χ0n) is 16.2. The van der Waals surface area contributed by atoms with Gasteiger partial charge in [-0.25, -0.2) is 4.90 Å². The number of amides is 4. The Morgan fingerprint density at radius 1 is 0.964 bits per heavy atom. The molecule has 0 fully saturated rings. The number of hydrogen-bond donors (Lipinski definition) is 1. The van der Waals surface area contributed by atoms with Gasteiger partial charge in [0.25, 0.3) is 17.7 Å². The van der Waals surface area contributed by atoms with E-state index >= 15 is 0 Å². The lowest BCUT2D eigenvalue weighted by Gasteiger charge is -2.17. The standard InChI is InChI=1S/C21H21N3O4/c1-12-5-6-13(2)17(9-12)24-20(27)15-8-7-14(10-16(15)21(24)28)19(26)22-11-18(25)23(3)4/h5-10H,11H2,1-4H3,(H,22,26). The molecule has 0 atom stereocenters. The number of carbonyl (C=O) groups excluding carboxylic acids is 4. The number of nitrogens with one attached hydrogen (secondary N) is 1. The van der Waals surface area contributed by atoms with Crippen LogP contribution in [-0.4, -0.2) is 49.2 Å². The smallest absolute Gasteiger partial charge is 0.266 e. The SMILES string of the molecule is Cc1ccc(C)c(N2C(=O)c3ccc(C(=O)NCC(=O)N(C)C)cc3C2=O)c1. The predicted molar refractivity (Wildman–Crippen MR) is 105 cm³/mol. The molecular formula is C21H21N3O4. The second-order valence-electron chi connectivity index (χ2n) is 6.97. The number of carbonyl (C=O) groups is 4. The van der Waals surface area contributed by atoms with E-state index in [9.17, 15) is 19.2 Å². The van der Waals surface area contributed by atoms with Gasteiger partial charge in [-0.3, -0.25) is 19.2 Å². The van der Waals surface area contributed by atoms with Crippen molar-refractivity contribution in [2.75, 3.05) is 25.5 Å². The number of anilines is 1. The summed E-state index contributed by atoms with van der Waals surface area (Å²) >= 11 is 0. The Labute approximate surface area is 162 Å². The van der Waals surface area contributed by atoms with Crippen LogP contribution in [0.25, 0.3) is 0 Å². The molecule has 0 aromatic heterocycles. The number of nitrogens with zero attached hydrogens (tertiary/aromatic N) is 2. The Bertz CT molecular complexity index is 1010. The van der Waals surface area contributed by atoms with Crippen molar-refractivity contribution < 1.29 is 19.2 Å². The van der Waals surface area contributed by atoms with Gasteiger partial charge in [-0.15, -0.1) is 0 Å². The van der Waals surface area contributed by atoms with Crippen LogP contribution >= 0.6 is 0 Å². The lowest BCUT2D eigenvalue weighted by Crippen LogP contribution is -2.36. The highest BCUT2D eigenvalue weighted by Crippen LogP contribution is 2.31. The minimum absolute atomic E-state index is 0.148. The summed E-state index contributed by atoms with van der Waals surface area (Å²) < 4.78 is 0. The van der Waals surface area contributed by atoms with Crippen LogP contribution in [0, 0.1) is 13.8 Å². The van der Waals surface area contributed by atoms with Crippen LogP contribution < -0.4 is 10.2 Å². The Morgan fingerprint density at radius 2 is 1.64 bits per heavy atom. The van der Waals surface area contributed by atoms with Crippen molar-refractivity contribution in [2.45, 2.75) is 13.8 Å². The molecule has 0 saturated heterocycles. The van der Waals surface area contributed by atoms with E-state index in [0.717, 1.165) is 16.0 Å². The fourth-order valence-electron chi connectivity index (χ4n) is 2.98. The van der Waals surface area contributed by atoms with Gasteiger partial charge in [-0.1, -0.05) is 12.1 Å². The molecule has 1 aliphatic heterocycles. The predicted octanol–water partition coefficient (Wildman–Crippen LogP) is 1.92. The highest BCUT2D eigenvalue weighted by Gasteiger charge is 2.37. The Balaban J connectivity index is 1.89. The Morgan fingerprint density at radius 3 is 2.32 bits per heavy atom. The summed E-state index contributed by atoms with van der Waals surface area (Å²) in [6.07, 6.45) is 0. The summed E-state index contributed by atoms with van der Waals surface area (Å²) in [4.78, 5) is 52.2. The molecular weight excluding hydrogens is 358 g/mol. The monoisotopic (exact) mass is 379 g/mol. The molecule has 0 unspecified atom stereocenters. The third-order valence-corrected chi connectivity index (χ3v) is 4.65. The first-order chi connectivity index (χ1) is 13.2. The van der Waals surface area contributed by atoms with Gasteiger partial charge in [0, 0.05) is 19.7 Å². The first-order valence-electron chi connectivity index (χ1n) is 8.79. The molecule has 0 saturated carbocycles. The van der Waals surface area contributed by atoms with Gasteiger partial charge < -0.3 is 10.2 Å². The average molecular weight is 379 g/mol. The molecule has 0 spiro atoms. The zero-order chi connectivity index (χ0) is 20.6. The maximum Gasteiger partial charge on any atom is 0.266 e. The summed E-state index contributed by atoms with van der Waals surface area (Å²) in [5.41, 5.74) is 2.93. The van der Waals surface area contributed by atoms with Crippen molar-refractivity contribution in [3.05, 3.63) is 64.2 Å². The number of hydrogen-bond acceptors (Lipinski definition) is 4. The van der Waals surface area contributed by atoms with Gasteiger partial charge in [-0.2, -0.15) is 0 Å². The molecule has 0 radical (unpaired) electrons. The number of fused-ring (bicyclic) bond motifs is 1. The largest absolute Gasteiger partial charge is 0.347 e. The molecule has 1 heterocycles. The summed E-state index contributed by atoms with van der Waals surface area (Å²) in [6, 6.07) is 9.91. The summed E-state index contributed by atoms with van der Waals surface area (Å²) in [7, 11) is 3.19. The van der Waals surface area contributed by atoms with E-state index in [1.807, 2.05) is 26.0 Å². The van der Waals surface area contributed by atoms with Gasteiger partial charge in [0.05, 0.1) is 23.4 Å². The van der Waals surface area contributed by atoms with E-state index in [0.29, 0.717) is 5.69 Å².